The molecule has 1 aliphatic carbocycles. The highest BCUT2D eigenvalue weighted by atomic mass is 15.2. The Kier molecular flexibility index (Phi) is 1.88. The Labute approximate surface area is 80.9 Å². The van der Waals surface area contributed by atoms with E-state index in [-0.39, 0.29) is 0 Å². The van der Waals surface area contributed by atoms with Crippen LogP contribution in [0.25, 0.3) is 0 Å². The maximum atomic E-state index is 2.72. The second-order valence-corrected chi connectivity index (χ2v) is 5.40. The van der Waals surface area contributed by atoms with Gasteiger partial charge in [0.15, 0.2) is 0 Å². The van der Waals surface area contributed by atoms with Crippen LogP contribution in [0.2, 0.25) is 0 Å². The van der Waals surface area contributed by atoms with E-state index in [0.29, 0.717) is 0 Å². The van der Waals surface area contributed by atoms with Crippen LogP contribution < -0.4 is 0 Å². The lowest BCUT2D eigenvalue weighted by atomic mass is 10.0. The van der Waals surface area contributed by atoms with Crippen LogP contribution >= 0.6 is 0 Å². The van der Waals surface area contributed by atoms with Crippen LogP contribution in [0.3, 0.4) is 0 Å². The van der Waals surface area contributed by atoms with Crippen molar-refractivity contribution in [2.24, 2.45) is 17.8 Å². The summed E-state index contributed by atoms with van der Waals surface area (Å²) in [6.45, 7) is 6.91. The average Bonchev–Trinajstić information content (AvgIpc) is 2.68. The highest BCUT2D eigenvalue weighted by Crippen LogP contribution is 2.35. The first kappa shape index (κ1) is 8.25. The van der Waals surface area contributed by atoms with Gasteiger partial charge < -0.3 is 9.80 Å². The van der Waals surface area contributed by atoms with E-state index >= 15 is 0 Å². The van der Waals surface area contributed by atoms with Crippen LogP contribution in [0.5, 0.6) is 0 Å². The number of likely N-dealkylation sites (tertiary alicyclic amines) is 2. The molecule has 2 heteroatoms. The maximum absolute atomic E-state index is 2.72. The number of fused-ring (bicyclic) bond motifs is 1. The molecule has 2 atom stereocenters. The average molecular weight is 180 g/mol. The SMILES string of the molecule is CN1CC2CN(CC3CC3)CC2C1. The first-order valence-electron chi connectivity index (χ1n) is 5.72. The van der Waals surface area contributed by atoms with Crippen molar-refractivity contribution < 1.29 is 0 Å². The largest absolute Gasteiger partial charge is 0.306 e. The molecule has 3 fully saturated rings. The Morgan fingerprint density at radius 1 is 1.00 bits per heavy atom. The third kappa shape index (κ3) is 1.62. The number of hydrogen-bond donors (Lipinski definition) is 0. The second kappa shape index (κ2) is 2.96. The zero-order valence-electron chi connectivity index (χ0n) is 8.58. The minimum absolute atomic E-state index is 1.00. The van der Waals surface area contributed by atoms with Crippen LogP contribution in [0.1, 0.15) is 12.8 Å². The molecule has 0 N–H and O–H groups in total. The van der Waals surface area contributed by atoms with Gasteiger partial charge in [-0.1, -0.05) is 0 Å². The standard InChI is InChI=1S/C11H20N2/c1-12-5-10-7-13(4-9-2-3-9)8-11(10)6-12/h9-11H,2-8H2,1H3. The molecule has 0 spiro atoms. The van der Waals surface area contributed by atoms with Crippen molar-refractivity contribution in [2.45, 2.75) is 12.8 Å². The van der Waals surface area contributed by atoms with Gasteiger partial charge in [-0.3, -0.25) is 0 Å². The Morgan fingerprint density at radius 2 is 1.62 bits per heavy atom. The van der Waals surface area contributed by atoms with E-state index < -0.39 is 0 Å². The molecule has 3 aliphatic rings. The quantitative estimate of drug-likeness (QED) is 0.623. The normalized spacial score (nSPS) is 41.3. The minimum Gasteiger partial charge on any atom is -0.306 e. The van der Waals surface area contributed by atoms with Crippen LogP contribution in [-0.4, -0.2) is 49.6 Å². The van der Waals surface area contributed by atoms with Gasteiger partial charge in [-0.05, 0) is 37.6 Å². The monoisotopic (exact) mass is 180 g/mol. The Balaban J connectivity index is 1.55. The van der Waals surface area contributed by atoms with Crippen molar-refractivity contribution >= 4 is 0 Å². The molecule has 0 bridgehead atoms. The molecule has 0 amide bonds. The first-order chi connectivity index (χ1) is 6.31. The molecule has 2 nitrogen and oxygen atoms in total. The van der Waals surface area contributed by atoms with Crippen LogP contribution in [0.15, 0.2) is 0 Å². The predicted molar refractivity (Wildman–Crippen MR) is 53.6 cm³/mol. The summed E-state index contributed by atoms with van der Waals surface area (Å²) < 4.78 is 0. The fourth-order valence-corrected chi connectivity index (χ4v) is 3.14. The topological polar surface area (TPSA) is 6.48 Å². The van der Waals surface area contributed by atoms with Crippen molar-refractivity contribution in [1.82, 2.24) is 9.80 Å². The van der Waals surface area contributed by atoms with Gasteiger partial charge in [0.05, 0.1) is 0 Å². The highest BCUT2D eigenvalue weighted by molar-refractivity contribution is 4.93. The van der Waals surface area contributed by atoms with E-state index in [2.05, 4.69) is 16.8 Å². The molecule has 13 heavy (non-hydrogen) atoms. The van der Waals surface area contributed by atoms with Crippen LogP contribution in [-0.2, 0) is 0 Å². The fraction of sp³-hybridized carbons (Fsp3) is 1.00. The third-order valence-corrected chi connectivity index (χ3v) is 3.96. The van der Waals surface area contributed by atoms with Gasteiger partial charge >= 0.3 is 0 Å². The van der Waals surface area contributed by atoms with Crippen LogP contribution in [0, 0.1) is 17.8 Å². The molecular weight excluding hydrogens is 160 g/mol. The predicted octanol–water partition coefficient (Wildman–Crippen LogP) is 0.890. The molecule has 2 unspecified atom stereocenters. The van der Waals surface area contributed by atoms with Gasteiger partial charge in [-0.2, -0.15) is 0 Å². The highest BCUT2D eigenvalue weighted by Gasteiger charge is 2.39. The van der Waals surface area contributed by atoms with Gasteiger partial charge in [-0.15, -0.1) is 0 Å². The van der Waals surface area contributed by atoms with Gasteiger partial charge in [0, 0.05) is 32.7 Å². The van der Waals surface area contributed by atoms with E-state index in [1.807, 2.05) is 0 Å². The number of nitrogens with zero attached hydrogens (tertiary/aromatic N) is 2. The molecular formula is C11H20N2. The zero-order chi connectivity index (χ0) is 8.84. The van der Waals surface area contributed by atoms with Crippen molar-refractivity contribution in [3.63, 3.8) is 0 Å². The molecule has 2 saturated heterocycles. The maximum Gasteiger partial charge on any atom is 0.00258 e. The lowest BCUT2D eigenvalue weighted by Gasteiger charge is -2.18. The van der Waals surface area contributed by atoms with Gasteiger partial charge in [0.1, 0.15) is 0 Å². The summed E-state index contributed by atoms with van der Waals surface area (Å²) in [7, 11) is 2.27. The van der Waals surface area contributed by atoms with E-state index in [1.54, 1.807) is 0 Å². The lowest BCUT2D eigenvalue weighted by Crippen LogP contribution is -2.28. The Bertz CT molecular complexity index is 186. The Morgan fingerprint density at radius 3 is 2.15 bits per heavy atom. The summed E-state index contributed by atoms with van der Waals surface area (Å²) in [5.74, 6) is 3.09. The molecule has 0 aromatic carbocycles. The summed E-state index contributed by atoms with van der Waals surface area (Å²) >= 11 is 0. The molecule has 74 valence electrons. The van der Waals surface area contributed by atoms with E-state index in [1.165, 1.54) is 45.6 Å². The van der Waals surface area contributed by atoms with Crippen molar-refractivity contribution in [3.8, 4) is 0 Å². The summed E-state index contributed by atoms with van der Waals surface area (Å²) in [5, 5.41) is 0. The van der Waals surface area contributed by atoms with Gasteiger partial charge in [0.2, 0.25) is 0 Å². The van der Waals surface area contributed by atoms with E-state index in [4.69, 9.17) is 0 Å². The Hall–Kier alpha value is -0.0800. The van der Waals surface area contributed by atoms with Crippen molar-refractivity contribution in [3.05, 3.63) is 0 Å². The number of hydrogen-bond acceptors (Lipinski definition) is 2. The van der Waals surface area contributed by atoms with Crippen molar-refractivity contribution in [2.75, 3.05) is 39.8 Å². The number of rotatable bonds is 2. The first-order valence-corrected chi connectivity index (χ1v) is 5.72. The van der Waals surface area contributed by atoms with Crippen molar-refractivity contribution in [1.29, 1.82) is 0 Å². The van der Waals surface area contributed by atoms with Gasteiger partial charge in [0.25, 0.3) is 0 Å². The second-order valence-electron chi connectivity index (χ2n) is 5.40. The molecule has 2 heterocycles. The summed E-state index contributed by atoms with van der Waals surface area (Å²) in [4.78, 5) is 5.23. The minimum atomic E-state index is 1.00. The van der Waals surface area contributed by atoms with E-state index in [9.17, 15) is 0 Å². The molecule has 0 aromatic rings. The summed E-state index contributed by atoms with van der Waals surface area (Å²) in [6, 6.07) is 0. The van der Waals surface area contributed by atoms with Gasteiger partial charge in [-0.25, -0.2) is 0 Å². The van der Waals surface area contributed by atoms with Crippen LogP contribution in [0.4, 0.5) is 0 Å². The van der Waals surface area contributed by atoms with E-state index in [0.717, 1.165) is 17.8 Å². The zero-order valence-corrected chi connectivity index (χ0v) is 8.58. The fourth-order valence-electron chi connectivity index (χ4n) is 3.14. The molecule has 1 saturated carbocycles. The lowest BCUT2D eigenvalue weighted by molar-refractivity contribution is 0.270. The molecule has 2 aliphatic heterocycles. The molecule has 0 aromatic heterocycles. The third-order valence-electron chi connectivity index (χ3n) is 3.96. The molecule has 0 radical (unpaired) electrons. The summed E-state index contributed by atoms with van der Waals surface area (Å²) in [6.07, 6.45) is 3.01. The molecule has 3 rings (SSSR count). The smallest absolute Gasteiger partial charge is 0.00258 e. The summed E-state index contributed by atoms with van der Waals surface area (Å²) in [5.41, 5.74) is 0.